The molecule has 6 atom stereocenters. The third-order valence-corrected chi connectivity index (χ3v) is 13.7. The van der Waals surface area contributed by atoms with Crippen molar-refractivity contribution in [3.63, 3.8) is 0 Å². The first-order chi connectivity index (χ1) is 22.1. The summed E-state index contributed by atoms with van der Waals surface area (Å²) in [6, 6.07) is 14.1. The van der Waals surface area contributed by atoms with Gasteiger partial charge in [-0.1, -0.05) is 40.5 Å². The van der Waals surface area contributed by atoms with Crippen LogP contribution in [0.1, 0.15) is 57.6 Å². The second kappa shape index (κ2) is 13.8. The molecular formula is C33H46N6O6S2. The Morgan fingerprint density at radius 3 is 1.66 bits per heavy atom. The predicted molar refractivity (Wildman–Crippen MR) is 178 cm³/mol. The number of hydrogen-bond acceptors (Lipinski definition) is 7. The summed E-state index contributed by atoms with van der Waals surface area (Å²) in [5, 5.41) is 6.47. The molecule has 1 N–H and O–H groups in total. The highest BCUT2D eigenvalue weighted by atomic mass is 32.2. The number of benzene rings is 2. The first-order valence-corrected chi connectivity index (χ1v) is 19.1. The number of rotatable bonds is 8. The number of nitrogens with zero attached hydrogens (tertiary/aromatic N) is 5. The molecule has 2 aromatic carbocycles. The van der Waals surface area contributed by atoms with Crippen LogP contribution in [0.3, 0.4) is 0 Å². The summed E-state index contributed by atoms with van der Waals surface area (Å²) in [6.45, 7) is 11.5. The molecule has 0 radical (unpaired) electrons. The summed E-state index contributed by atoms with van der Waals surface area (Å²) in [4.78, 5) is 15.3. The van der Waals surface area contributed by atoms with Crippen LogP contribution in [-0.2, 0) is 24.8 Å². The van der Waals surface area contributed by atoms with Crippen molar-refractivity contribution in [2.24, 2.45) is 28.8 Å². The Kier molecular flexibility index (Phi) is 10.3. The van der Waals surface area contributed by atoms with E-state index >= 15 is 0 Å². The van der Waals surface area contributed by atoms with Gasteiger partial charge in [-0.25, -0.2) is 21.6 Å². The van der Waals surface area contributed by atoms with Crippen molar-refractivity contribution < 1.29 is 26.4 Å². The zero-order chi connectivity index (χ0) is 34.1. The third kappa shape index (κ3) is 7.94. The zero-order valence-corrected chi connectivity index (χ0v) is 29.4. The Bertz CT molecular complexity index is 1700. The van der Waals surface area contributed by atoms with Crippen LogP contribution in [0.15, 0.2) is 63.4 Å². The Morgan fingerprint density at radius 2 is 1.28 bits per heavy atom. The van der Waals surface area contributed by atoms with E-state index in [0.717, 1.165) is 36.8 Å². The fourth-order valence-electron chi connectivity index (χ4n) is 7.46. The van der Waals surface area contributed by atoms with Crippen LogP contribution in [-0.4, -0.2) is 75.4 Å². The van der Waals surface area contributed by atoms with Gasteiger partial charge < -0.3 is 10.1 Å². The number of hydrogen-bond donors (Lipinski definition) is 1. The second-order valence-corrected chi connectivity index (χ2v) is 18.1. The lowest BCUT2D eigenvalue weighted by Gasteiger charge is -2.31. The van der Waals surface area contributed by atoms with Gasteiger partial charge in [0.15, 0.2) is 0 Å². The summed E-state index contributed by atoms with van der Waals surface area (Å²) in [5.74, 6) is 1.24. The minimum absolute atomic E-state index is 0.0248. The van der Waals surface area contributed by atoms with Gasteiger partial charge in [0.1, 0.15) is 5.60 Å². The largest absolute Gasteiger partial charge is 0.444 e. The molecule has 0 spiro atoms. The average Bonchev–Trinajstić information content (AvgIpc) is 3.80. The molecule has 2 aromatic rings. The van der Waals surface area contributed by atoms with E-state index in [1.54, 1.807) is 32.9 Å². The van der Waals surface area contributed by atoms with Crippen molar-refractivity contribution in [3.8, 4) is 0 Å². The number of piperidine rings is 2. The van der Waals surface area contributed by atoms with Crippen molar-refractivity contribution in [1.29, 1.82) is 0 Å². The highest BCUT2D eigenvalue weighted by molar-refractivity contribution is 7.89. The number of nitrogens with one attached hydrogen (secondary N) is 1. The van der Waals surface area contributed by atoms with Gasteiger partial charge in [0.05, 0.1) is 9.79 Å². The molecule has 0 aromatic heterocycles. The predicted octanol–water partition coefficient (Wildman–Crippen LogP) is 5.62. The van der Waals surface area contributed by atoms with Crippen LogP contribution in [0.4, 0.5) is 4.79 Å². The van der Waals surface area contributed by atoms with Crippen LogP contribution in [0.5, 0.6) is 0 Å². The van der Waals surface area contributed by atoms with Crippen LogP contribution in [0.25, 0.3) is 10.4 Å². The number of sulfonamides is 2. The zero-order valence-electron chi connectivity index (χ0n) is 27.7. The molecule has 14 heteroatoms. The number of amides is 1. The Labute approximate surface area is 278 Å². The van der Waals surface area contributed by atoms with E-state index in [2.05, 4.69) is 15.3 Å². The quantitative estimate of drug-likeness (QED) is 0.215. The van der Waals surface area contributed by atoms with E-state index in [1.165, 1.54) is 0 Å². The van der Waals surface area contributed by atoms with E-state index in [9.17, 15) is 21.6 Å². The first kappa shape index (κ1) is 35.2. The second-order valence-electron chi connectivity index (χ2n) is 14.4. The topological polar surface area (TPSA) is 162 Å². The minimum atomic E-state index is -3.44. The third-order valence-electron chi connectivity index (χ3n) is 9.82. The van der Waals surface area contributed by atoms with E-state index < -0.39 is 31.7 Å². The molecule has 2 aliphatic carbocycles. The monoisotopic (exact) mass is 686 g/mol. The smallest absolute Gasteiger partial charge is 0.407 e. The molecule has 2 unspecified atom stereocenters. The molecule has 4 fully saturated rings. The van der Waals surface area contributed by atoms with Gasteiger partial charge in [-0.2, -0.15) is 8.61 Å². The highest BCUT2D eigenvalue weighted by Crippen LogP contribution is 2.45. The van der Waals surface area contributed by atoms with Crippen molar-refractivity contribution in [2.75, 3.05) is 26.2 Å². The fourth-order valence-corrected chi connectivity index (χ4v) is 10.9. The number of carbonyl (C=O) groups is 1. The van der Waals surface area contributed by atoms with Gasteiger partial charge in [0.25, 0.3) is 0 Å². The molecule has 12 nitrogen and oxygen atoms in total. The van der Waals surface area contributed by atoms with E-state index in [-0.39, 0.29) is 18.0 Å². The maximum atomic E-state index is 12.9. The molecule has 1 amide bonds. The summed E-state index contributed by atoms with van der Waals surface area (Å²) < 4.78 is 59.7. The van der Waals surface area contributed by atoms with Gasteiger partial charge in [-0.05, 0) is 114 Å². The lowest BCUT2D eigenvalue weighted by Crippen LogP contribution is -2.43. The van der Waals surface area contributed by atoms with Crippen LogP contribution in [0.2, 0.25) is 0 Å². The van der Waals surface area contributed by atoms with E-state index in [4.69, 9.17) is 10.3 Å². The minimum Gasteiger partial charge on any atom is -0.444 e. The van der Waals surface area contributed by atoms with Crippen LogP contribution >= 0.6 is 0 Å². The number of carbonyl (C=O) groups excluding carboxylic acids is 1. The SMILES string of the molecule is Cc1ccc(S(=O)(=O)N2C[C@@H]3C[C@H]2CC3CN=[N+]=[N-])cc1.Cc1ccc(S(=O)(=O)N2C[C@@H]3C[C@H]2CC3CNC(=O)OC(C)(C)C)cc1. The standard InChI is InChI=1S/C19H28N2O4S.C14H18N4O2S/c1-13-5-7-17(8-6-13)26(23,24)21-12-15-10-16(21)9-14(15)11-20-18(22)25-19(2,3)4;1-10-2-4-14(5-3-10)21(19,20)18-9-12-7-13(18)6-11(12)8-16-17-15/h5-8,14-16H,9-12H2,1-4H3,(H,20,22);2-5,11-13H,6-9H2,1H3/t14?,15-,16+;11?,12-,13+/m00/s1. The molecule has 6 rings (SSSR count). The van der Waals surface area contributed by atoms with Crippen LogP contribution < -0.4 is 5.32 Å². The summed E-state index contributed by atoms with van der Waals surface area (Å²) in [5.41, 5.74) is 9.97. The van der Waals surface area contributed by atoms with Crippen molar-refractivity contribution in [2.45, 2.75) is 87.8 Å². The molecule has 2 aliphatic heterocycles. The van der Waals surface area contributed by atoms with Crippen molar-refractivity contribution >= 4 is 26.1 Å². The lowest BCUT2D eigenvalue weighted by atomic mass is 9.95. The fraction of sp³-hybridized carbons (Fsp3) is 0.606. The molecule has 4 bridgehead atoms. The first-order valence-electron chi connectivity index (χ1n) is 16.2. The normalized spacial score (nSPS) is 27.2. The Morgan fingerprint density at radius 1 is 0.830 bits per heavy atom. The lowest BCUT2D eigenvalue weighted by molar-refractivity contribution is 0.0511. The summed E-state index contributed by atoms with van der Waals surface area (Å²) in [7, 11) is -6.84. The van der Waals surface area contributed by atoms with E-state index in [0.29, 0.717) is 53.7 Å². The Hall–Kier alpha value is -3.16. The van der Waals surface area contributed by atoms with Gasteiger partial charge in [0, 0.05) is 43.2 Å². The van der Waals surface area contributed by atoms with Gasteiger partial charge in [-0.3, -0.25) is 0 Å². The molecule has 47 heavy (non-hydrogen) atoms. The number of fused-ring (bicyclic) bond motifs is 4. The maximum absolute atomic E-state index is 12.9. The number of aryl methyl sites for hydroxylation is 2. The molecule has 2 saturated carbocycles. The van der Waals surface area contributed by atoms with Crippen molar-refractivity contribution in [1.82, 2.24) is 13.9 Å². The molecule has 256 valence electrons. The summed E-state index contributed by atoms with van der Waals surface area (Å²) >= 11 is 0. The van der Waals surface area contributed by atoms with Gasteiger partial charge in [0.2, 0.25) is 20.0 Å². The van der Waals surface area contributed by atoms with Crippen LogP contribution in [0, 0.1) is 37.5 Å². The average molecular weight is 687 g/mol. The van der Waals surface area contributed by atoms with Crippen molar-refractivity contribution in [3.05, 3.63) is 70.1 Å². The van der Waals surface area contributed by atoms with Gasteiger partial charge in [-0.15, -0.1) is 0 Å². The summed E-state index contributed by atoms with van der Waals surface area (Å²) in [6.07, 6.45) is 2.92. The Balaban J connectivity index is 0.000000189. The highest BCUT2D eigenvalue weighted by Gasteiger charge is 2.50. The number of azide groups is 1. The maximum Gasteiger partial charge on any atom is 0.407 e. The molecular weight excluding hydrogens is 641 g/mol. The molecule has 2 heterocycles. The van der Waals surface area contributed by atoms with E-state index in [1.807, 2.05) is 58.9 Å². The van der Waals surface area contributed by atoms with Gasteiger partial charge >= 0.3 is 6.09 Å². The number of ether oxygens (including phenoxy) is 1. The molecule has 2 saturated heterocycles. The number of alkyl carbamates (subject to hydrolysis) is 1. The molecule has 4 aliphatic rings.